The van der Waals surface area contributed by atoms with Crippen molar-refractivity contribution in [1.29, 1.82) is 0 Å². The quantitative estimate of drug-likeness (QED) is 0.518. The number of aliphatic hydroxyl groups is 1. The molecule has 1 aromatic carbocycles. The molecule has 2 unspecified atom stereocenters. The summed E-state index contributed by atoms with van der Waals surface area (Å²) >= 11 is 0. The van der Waals surface area contributed by atoms with E-state index in [1.54, 1.807) is 0 Å². The molecule has 18 heavy (non-hydrogen) atoms. The first-order valence-electron chi connectivity index (χ1n) is 6.10. The number of primary amides is 1. The maximum Gasteiger partial charge on any atom is 0.234 e. The number of carbonyl (C=O) groups is 1. The molecular weight excluding hydrogens is 230 g/mol. The Hall–Kier alpha value is -1.43. The van der Waals surface area contributed by atoms with Gasteiger partial charge >= 0.3 is 0 Å². The van der Waals surface area contributed by atoms with Gasteiger partial charge in [-0.1, -0.05) is 30.3 Å². The zero-order valence-corrected chi connectivity index (χ0v) is 10.4. The molecule has 0 spiro atoms. The highest BCUT2D eigenvalue weighted by Gasteiger charge is 2.19. The van der Waals surface area contributed by atoms with E-state index in [0.29, 0.717) is 19.4 Å². The second-order valence-corrected chi connectivity index (χ2v) is 4.20. The van der Waals surface area contributed by atoms with Gasteiger partial charge in [0.25, 0.3) is 0 Å². The summed E-state index contributed by atoms with van der Waals surface area (Å²) in [7, 11) is 0. The van der Waals surface area contributed by atoms with E-state index in [1.165, 1.54) is 0 Å². The van der Waals surface area contributed by atoms with Crippen LogP contribution in [0.4, 0.5) is 0 Å². The lowest BCUT2D eigenvalue weighted by Crippen LogP contribution is -2.44. The van der Waals surface area contributed by atoms with Crippen LogP contribution >= 0.6 is 0 Å². The number of hydrogen-bond acceptors (Lipinski definition) is 4. The number of rotatable bonds is 8. The van der Waals surface area contributed by atoms with Gasteiger partial charge in [-0.2, -0.15) is 0 Å². The SMILES string of the molecule is NCCCC(NC(CO)c1ccccc1)C(N)=O. The number of aliphatic hydroxyl groups excluding tert-OH is 1. The summed E-state index contributed by atoms with van der Waals surface area (Å²) in [6.45, 7) is 0.428. The summed E-state index contributed by atoms with van der Waals surface area (Å²) in [5.74, 6) is -0.419. The summed E-state index contributed by atoms with van der Waals surface area (Å²) in [5.41, 5.74) is 11.7. The fourth-order valence-electron chi connectivity index (χ4n) is 1.81. The van der Waals surface area contributed by atoms with E-state index in [9.17, 15) is 9.90 Å². The summed E-state index contributed by atoms with van der Waals surface area (Å²) < 4.78 is 0. The summed E-state index contributed by atoms with van der Waals surface area (Å²) in [6.07, 6.45) is 1.29. The molecule has 6 N–H and O–H groups in total. The molecule has 0 bridgehead atoms. The van der Waals surface area contributed by atoms with Crippen molar-refractivity contribution < 1.29 is 9.90 Å². The van der Waals surface area contributed by atoms with Crippen LogP contribution in [0.15, 0.2) is 30.3 Å². The molecule has 0 fully saturated rings. The van der Waals surface area contributed by atoms with E-state index in [-0.39, 0.29) is 12.6 Å². The van der Waals surface area contributed by atoms with Crippen LogP contribution in [0.25, 0.3) is 0 Å². The van der Waals surface area contributed by atoms with Gasteiger partial charge in [-0.15, -0.1) is 0 Å². The maximum absolute atomic E-state index is 11.3. The highest BCUT2D eigenvalue weighted by molar-refractivity contribution is 5.79. The van der Waals surface area contributed by atoms with Crippen LogP contribution in [0.1, 0.15) is 24.4 Å². The topological polar surface area (TPSA) is 101 Å². The first-order chi connectivity index (χ1) is 8.69. The molecule has 0 saturated heterocycles. The van der Waals surface area contributed by atoms with Crippen molar-refractivity contribution in [2.75, 3.05) is 13.2 Å². The molecule has 0 heterocycles. The van der Waals surface area contributed by atoms with Gasteiger partial charge < -0.3 is 16.6 Å². The number of amides is 1. The van der Waals surface area contributed by atoms with Gasteiger partial charge in [-0.3, -0.25) is 10.1 Å². The lowest BCUT2D eigenvalue weighted by molar-refractivity contribution is -0.120. The minimum atomic E-state index is -0.467. The van der Waals surface area contributed by atoms with Gasteiger partial charge in [-0.25, -0.2) is 0 Å². The van der Waals surface area contributed by atoms with E-state index in [4.69, 9.17) is 11.5 Å². The average Bonchev–Trinajstić information content (AvgIpc) is 2.39. The summed E-state index contributed by atoms with van der Waals surface area (Å²) in [5, 5.41) is 12.5. The predicted octanol–water partition coefficient (Wildman–Crippen LogP) is -0.0976. The zero-order chi connectivity index (χ0) is 13.4. The molecule has 2 atom stereocenters. The van der Waals surface area contributed by atoms with Gasteiger partial charge in [-0.05, 0) is 24.9 Å². The van der Waals surface area contributed by atoms with Crippen molar-refractivity contribution in [3.8, 4) is 0 Å². The fourth-order valence-corrected chi connectivity index (χ4v) is 1.81. The van der Waals surface area contributed by atoms with Crippen LogP contribution in [0.2, 0.25) is 0 Å². The van der Waals surface area contributed by atoms with Crippen molar-refractivity contribution in [3.63, 3.8) is 0 Å². The summed E-state index contributed by atoms with van der Waals surface area (Å²) in [4.78, 5) is 11.3. The largest absolute Gasteiger partial charge is 0.394 e. The Balaban J connectivity index is 2.68. The molecular formula is C13H21N3O2. The van der Waals surface area contributed by atoms with Crippen LogP contribution in [-0.4, -0.2) is 30.2 Å². The van der Waals surface area contributed by atoms with Crippen molar-refractivity contribution in [2.24, 2.45) is 11.5 Å². The normalized spacial score (nSPS) is 14.1. The number of hydrogen-bond donors (Lipinski definition) is 4. The molecule has 0 radical (unpaired) electrons. The Bertz CT molecular complexity index is 357. The van der Waals surface area contributed by atoms with Crippen molar-refractivity contribution in [1.82, 2.24) is 5.32 Å². The van der Waals surface area contributed by atoms with Crippen LogP contribution < -0.4 is 16.8 Å². The summed E-state index contributed by atoms with van der Waals surface area (Å²) in [6, 6.07) is 8.71. The second-order valence-electron chi connectivity index (χ2n) is 4.20. The average molecular weight is 251 g/mol. The first kappa shape index (κ1) is 14.6. The van der Waals surface area contributed by atoms with Crippen molar-refractivity contribution >= 4 is 5.91 Å². The standard InChI is InChI=1S/C13H21N3O2/c14-8-4-7-11(13(15)18)16-12(9-17)10-5-2-1-3-6-10/h1-3,5-6,11-12,16-17H,4,7-9,14H2,(H2,15,18). The number of nitrogens with two attached hydrogens (primary N) is 2. The molecule has 5 heteroatoms. The zero-order valence-electron chi connectivity index (χ0n) is 10.4. The van der Waals surface area contributed by atoms with Crippen molar-refractivity contribution in [2.45, 2.75) is 24.9 Å². The minimum absolute atomic E-state index is 0.0869. The van der Waals surface area contributed by atoms with E-state index >= 15 is 0 Å². The van der Waals surface area contributed by atoms with E-state index in [1.807, 2.05) is 30.3 Å². The third kappa shape index (κ3) is 4.44. The van der Waals surface area contributed by atoms with E-state index < -0.39 is 11.9 Å². The van der Waals surface area contributed by atoms with Crippen LogP contribution in [-0.2, 0) is 4.79 Å². The maximum atomic E-state index is 11.3. The van der Waals surface area contributed by atoms with Crippen molar-refractivity contribution in [3.05, 3.63) is 35.9 Å². The van der Waals surface area contributed by atoms with Gasteiger partial charge in [0.1, 0.15) is 0 Å². The third-order valence-corrected chi connectivity index (χ3v) is 2.83. The monoisotopic (exact) mass is 251 g/mol. The molecule has 1 aromatic rings. The second kappa shape index (κ2) is 7.81. The van der Waals surface area contributed by atoms with Crippen LogP contribution in [0.3, 0.4) is 0 Å². The Kier molecular flexibility index (Phi) is 6.35. The molecule has 0 aliphatic carbocycles. The number of carbonyl (C=O) groups excluding carboxylic acids is 1. The molecule has 1 amide bonds. The first-order valence-corrected chi connectivity index (χ1v) is 6.10. The van der Waals surface area contributed by atoms with E-state index in [0.717, 1.165) is 5.56 Å². The van der Waals surface area contributed by atoms with Gasteiger partial charge in [0.15, 0.2) is 0 Å². The number of benzene rings is 1. The highest BCUT2D eigenvalue weighted by Crippen LogP contribution is 2.13. The van der Waals surface area contributed by atoms with Gasteiger partial charge in [0, 0.05) is 0 Å². The van der Waals surface area contributed by atoms with Gasteiger partial charge in [0.05, 0.1) is 18.7 Å². The lowest BCUT2D eigenvalue weighted by Gasteiger charge is -2.22. The fraction of sp³-hybridized carbons (Fsp3) is 0.462. The Labute approximate surface area is 107 Å². The van der Waals surface area contributed by atoms with Gasteiger partial charge in [0.2, 0.25) is 5.91 Å². The van der Waals surface area contributed by atoms with Crippen LogP contribution in [0.5, 0.6) is 0 Å². The lowest BCUT2D eigenvalue weighted by atomic mass is 10.0. The highest BCUT2D eigenvalue weighted by atomic mass is 16.3. The predicted molar refractivity (Wildman–Crippen MR) is 70.7 cm³/mol. The minimum Gasteiger partial charge on any atom is -0.394 e. The molecule has 100 valence electrons. The third-order valence-electron chi connectivity index (χ3n) is 2.83. The molecule has 1 rings (SSSR count). The molecule has 0 saturated carbocycles. The Morgan fingerprint density at radius 3 is 2.50 bits per heavy atom. The molecule has 5 nitrogen and oxygen atoms in total. The Morgan fingerprint density at radius 2 is 2.00 bits per heavy atom. The molecule has 0 aromatic heterocycles. The molecule has 0 aliphatic rings. The number of nitrogens with one attached hydrogen (secondary N) is 1. The smallest absolute Gasteiger partial charge is 0.234 e. The van der Waals surface area contributed by atoms with Crippen LogP contribution in [0, 0.1) is 0 Å². The molecule has 0 aliphatic heterocycles. The van der Waals surface area contributed by atoms with E-state index in [2.05, 4.69) is 5.32 Å². The Morgan fingerprint density at radius 1 is 1.33 bits per heavy atom.